The van der Waals surface area contributed by atoms with Crippen LogP contribution in [0.3, 0.4) is 0 Å². The summed E-state index contributed by atoms with van der Waals surface area (Å²) in [5.41, 5.74) is 7.13. The zero-order valence-electron chi connectivity index (χ0n) is 7.00. The first-order chi connectivity index (χ1) is 6.22. The molecule has 0 heterocycles. The molecule has 0 unspecified atom stereocenters. The standard InChI is InChI=1S/C10H9ClN2/c11-9-5-8(3-1-2-4-12)6-10(13)7-9/h1,3,5-7H,2,13H2. The lowest BCUT2D eigenvalue weighted by molar-refractivity contribution is 1.36. The largest absolute Gasteiger partial charge is 0.399 e. The Morgan fingerprint density at radius 2 is 2.23 bits per heavy atom. The lowest BCUT2D eigenvalue weighted by Gasteiger charge is -1.97. The van der Waals surface area contributed by atoms with Crippen molar-refractivity contribution >= 4 is 23.4 Å². The lowest BCUT2D eigenvalue weighted by Crippen LogP contribution is -1.84. The minimum absolute atomic E-state index is 0.395. The van der Waals surface area contributed by atoms with Crippen LogP contribution in [0.2, 0.25) is 5.02 Å². The number of nitriles is 1. The molecule has 0 fully saturated rings. The number of hydrogen-bond donors (Lipinski definition) is 1. The third kappa shape index (κ3) is 3.18. The number of nitrogens with two attached hydrogens (primary N) is 1. The minimum atomic E-state index is 0.395. The molecule has 66 valence electrons. The highest BCUT2D eigenvalue weighted by molar-refractivity contribution is 6.31. The van der Waals surface area contributed by atoms with E-state index in [4.69, 9.17) is 22.6 Å². The van der Waals surface area contributed by atoms with E-state index >= 15 is 0 Å². The summed E-state index contributed by atoms with van der Waals surface area (Å²) in [7, 11) is 0. The van der Waals surface area contributed by atoms with Crippen molar-refractivity contribution in [1.29, 1.82) is 5.26 Å². The molecule has 0 bridgehead atoms. The maximum Gasteiger partial charge on any atom is 0.0663 e. The van der Waals surface area contributed by atoms with E-state index in [9.17, 15) is 0 Å². The average Bonchev–Trinajstić information content (AvgIpc) is 2.03. The van der Waals surface area contributed by atoms with Crippen molar-refractivity contribution in [1.82, 2.24) is 0 Å². The smallest absolute Gasteiger partial charge is 0.0663 e. The van der Waals surface area contributed by atoms with Gasteiger partial charge in [0, 0.05) is 10.7 Å². The van der Waals surface area contributed by atoms with Crippen LogP contribution < -0.4 is 5.73 Å². The van der Waals surface area contributed by atoms with Crippen LogP contribution in [-0.4, -0.2) is 0 Å². The van der Waals surface area contributed by atoms with Crippen LogP contribution in [0.25, 0.3) is 6.08 Å². The fourth-order valence-corrected chi connectivity index (χ4v) is 1.23. The summed E-state index contributed by atoms with van der Waals surface area (Å²) in [6.07, 6.45) is 3.99. The van der Waals surface area contributed by atoms with Gasteiger partial charge in [0.25, 0.3) is 0 Å². The Kier molecular flexibility index (Phi) is 3.36. The van der Waals surface area contributed by atoms with E-state index in [2.05, 4.69) is 0 Å². The molecule has 13 heavy (non-hydrogen) atoms. The third-order valence-electron chi connectivity index (χ3n) is 1.46. The molecule has 2 nitrogen and oxygen atoms in total. The molecule has 0 saturated carbocycles. The highest BCUT2D eigenvalue weighted by atomic mass is 35.5. The number of hydrogen-bond acceptors (Lipinski definition) is 2. The average molecular weight is 193 g/mol. The van der Waals surface area contributed by atoms with E-state index in [1.165, 1.54) is 0 Å². The second kappa shape index (κ2) is 4.54. The predicted molar refractivity (Wildman–Crippen MR) is 55.1 cm³/mol. The Labute approximate surface area is 82.2 Å². The van der Waals surface area contributed by atoms with Crippen molar-refractivity contribution < 1.29 is 0 Å². The number of nitrogen functional groups attached to an aromatic ring is 1. The molecule has 2 N–H and O–H groups in total. The number of rotatable bonds is 2. The summed E-state index contributed by atoms with van der Waals surface area (Å²) in [4.78, 5) is 0. The molecule has 0 radical (unpaired) electrons. The summed E-state index contributed by atoms with van der Waals surface area (Å²) in [5, 5.41) is 8.91. The van der Waals surface area contributed by atoms with Gasteiger partial charge in [-0.3, -0.25) is 0 Å². The van der Waals surface area contributed by atoms with Gasteiger partial charge in [-0.05, 0) is 23.8 Å². The number of benzene rings is 1. The Morgan fingerprint density at radius 3 is 2.85 bits per heavy atom. The van der Waals surface area contributed by atoms with E-state index in [1.54, 1.807) is 24.3 Å². The van der Waals surface area contributed by atoms with Gasteiger partial charge in [-0.15, -0.1) is 0 Å². The highest BCUT2D eigenvalue weighted by Crippen LogP contribution is 2.17. The van der Waals surface area contributed by atoms with Crippen molar-refractivity contribution in [2.45, 2.75) is 6.42 Å². The molecular formula is C10H9ClN2. The second-order valence-electron chi connectivity index (χ2n) is 2.58. The van der Waals surface area contributed by atoms with Gasteiger partial charge in [-0.2, -0.15) is 5.26 Å². The summed E-state index contributed by atoms with van der Waals surface area (Å²) < 4.78 is 0. The zero-order chi connectivity index (χ0) is 9.68. The number of halogens is 1. The van der Waals surface area contributed by atoms with E-state index in [0.717, 1.165) is 5.56 Å². The molecular weight excluding hydrogens is 184 g/mol. The number of nitrogens with zero attached hydrogens (tertiary/aromatic N) is 1. The van der Waals surface area contributed by atoms with Gasteiger partial charge in [0.2, 0.25) is 0 Å². The first-order valence-corrected chi connectivity index (χ1v) is 4.20. The molecule has 0 aliphatic heterocycles. The van der Waals surface area contributed by atoms with Gasteiger partial charge >= 0.3 is 0 Å². The van der Waals surface area contributed by atoms with Crippen LogP contribution >= 0.6 is 11.6 Å². The fraction of sp³-hybridized carbons (Fsp3) is 0.100. The van der Waals surface area contributed by atoms with E-state index in [0.29, 0.717) is 17.1 Å². The molecule has 1 aromatic carbocycles. The molecule has 0 aromatic heterocycles. The first kappa shape index (κ1) is 9.63. The number of anilines is 1. The minimum Gasteiger partial charge on any atom is -0.399 e. The maximum atomic E-state index is 8.30. The van der Waals surface area contributed by atoms with Crippen LogP contribution in [0.5, 0.6) is 0 Å². The quantitative estimate of drug-likeness (QED) is 0.733. The van der Waals surface area contributed by atoms with Gasteiger partial charge in [0.15, 0.2) is 0 Å². The fourth-order valence-electron chi connectivity index (χ4n) is 0.980. The summed E-state index contributed by atoms with van der Waals surface area (Å²) in [6.45, 7) is 0. The topological polar surface area (TPSA) is 49.8 Å². The van der Waals surface area contributed by atoms with Crippen LogP contribution in [0.15, 0.2) is 24.3 Å². The van der Waals surface area contributed by atoms with Gasteiger partial charge in [-0.1, -0.05) is 23.8 Å². The van der Waals surface area contributed by atoms with Gasteiger partial charge in [0.05, 0.1) is 12.5 Å². The summed E-state index contributed by atoms with van der Waals surface area (Å²) in [6, 6.07) is 7.30. The van der Waals surface area contributed by atoms with Crippen molar-refractivity contribution in [2.24, 2.45) is 0 Å². The molecule has 1 rings (SSSR count). The third-order valence-corrected chi connectivity index (χ3v) is 1.68. The Hall–Kier alpha value is -1.46. The van der Waals surface area contributed by atoms with Crippen molar-refractivity contribution in [3.63, 3.8) is 0 Å². The van der Waals surface area contributed by atoms with Gasteiger partial charge < -0.3 is 5.73 Å². The first-order valence-electron chi connectivity index (χ1n) is 3.82. The predicted octanol–water partition coefficient (Wildman–Crippen LogP) is 2.85. The molecule has 0 spiro atoms. The molecule has 0 amide bonds. The SMILES string of the molecule is N#CCC=Cc1cc(N)cc(Cl)c1. The second-order valence-corrected chi connectivity index (χ2v) is 3.02. The Bertz CT molecular complexity index is 343. The molecule has 0 aliphatic rings. The monoisotopic (exact) mass is 192 g/mol. The van der Waals surface area contributed by atoms with E-state index in [1.807, 2.05) is 12.1 Å². The van der Waals surface area contributed by atoms with Gasteiger partial charge in [0.1, 0.15) is 0 Å². The molecule has 3 heteroatoms. The molecule has 0 atom stereocenters. The Balaban J connectivity index is 2.84. The van der Waals surface area contributed by atoms with E-state index < -0.39 is 0 Å². The van der Waals surface area contributed by atoms with Crippen LogP contribution in [0.4, 0.5) is 5.69 Å². The lowest BCUT2D eigenvalue weighted by atomic mass is 10.2. The zero-order valence-corrected chi connectivity index (χ0v) is 7.75. The van der Waals surface area contributed by atoms with Crippen LogP contribution in [0.1, 0.15) is 12.0 Å². The molecule has 0 saturated heterocycles. The van der Waals surface area contributed by atoms with Crippen LogP contribution in [-0.2, 0) is 0 Å². The molecule has 0 aliphatic carbocycles. The van der Waals surface area contributed by atoms with Crippen LogP contribution in [0, 0.1) is 11.3 Å². The van der Waals surface area contributed by atoms with Gasteiger partial charge in [-0.25, -0.2) is 0 Å². The maximum absolute atomic E-state index is 8.30. The highest BCUT2D eigenvalue weighted by Gasteiger charge is 1.92. The summed E-state index contributed by atoms with van der Waals surface area (Å²) >= 11 is 5.78. The number of allylic oxidation sites excluding steroid dienone is 1. The summed E-state index contributed by atoms with van der Waals surface area (Å²) in [5.74, 6) is 0. The van der Waals surface area contributed by atoms with Crippen molar-refractivity contribution in [3.05, 3.63) is 34.9 Å². The molecule has 1 aromatic rings. The Morgan fingerprint density at radius 1 is 1.46 bits per heavy atom. The van der Waals surface area contributed by atoms with E-state index in [-0.39, 0.29) is 0 Å². The van der Waals surface area contributed by atoms with Crippen molar-refractivity contribution in [3.8, 4) is 6.07 Å². The van der Waals surface area contributed by atoms with Crippen molar-refractivity contribution in [2.75, 3.05) is 5.73 Å². The normalized spacial score (nSPS) is 10.2.